The second-order valence-electron chi connectivity index (χ2n) is 3.45. The van der Waals surface area contributed by atoms with Gasteiger partial charge in [0.25, 0.3) is 0 Å². The highest BCUT2D eigenvalue weighted by Crippen LogP contribution is 2.10. The summed E-state index contributed by atoms with van der Waals surface area (Å²) in [5, 5.41) is 3.52. The highest BCUT2D eigenvalue weighted by molar-refractivity contribution is 6.10. The molecule has 0 amide bonds. The van der Waals surface area contributed by atoms with Crippen LogP contribution in [-0.4, -0.2) is 17.8 Å². The van der Waals surface area contributed by atoms with Crippen LogP contribution in [0.25, 0.3) is 0 Å². The lowest BCUT2D eigenvalue weighted by Crippen LogP contribution is -2.24. The molecule has 1 heterocycles. The van der Waals surface area contributed by atoms with Crippen molar-refractivity contribution in [3.8, 4) is 0 Å². The second-order valence-corrected chi connectivity index (χ2v) is 3.45. The van der Waals surface area contributed by atoms with E-state index in [1.54, 1.807) is 0 Å². The normalized spacial score (nSPS) is 15.4. The van der Waals surface area contributed by atoms with Gasteiger partial charge in [0.15, 0.2) is 0 Å². The Hall–Kier alpha value is -1.32. The van der Waals surface area contributed by atoms with Crippen LogP contribution in [0.4, 0.5) is 0 Å². The zero-order valence-electron chi connectivity index (χ0n) is 7.37. The number of nitrogens with zero attached hydrogens (tertiary/aromatic N) is 2. The molecule has 0 aromatic heterocycles. The fourth-order valence-corrected chi connectivity index (χ4v) is 0.667. The molecular formula is C8H11N2O2. The van der Waals surface area contributed by atoms with E-state index in [4.69, 9.17) is 4.74 Å². The van der Waals surface area contributed by atoms with E-state index in [1.165, 1.54) is 12.4 Å². The van der Waals surface area contributed by atoms with Crippen molar-refractivity contribution in [2.75, 3.05) is 0 Å². The van der Waals surface area contributed by atoms with Crippen molar-refractivity contribution in [3.63, 3.8) is 0 Å². The van der Waals surface area contributed by atoms with E-state index < -0.39 is 5.60 Å². The number of hydrogen-bond acceptors (Lipinski definition) is 3. The Bertz CT molecular complexity index is 248. The Balaban J connectivity index is 2.55. The van der Waals surface area contributed by atoms with Crippen molar-refractivity contribution in [2.24, 2.45) is 5.10 Å². The third-order valence-electron chi connectivity index (χ3n) is 1.09. The van der Waals surface area contributed by atoms with Gasteiger partial charge in [-0.25, -0.2) is 4.79 Å². The Morgan fingerprint density at radius 1 is 1.50 bits per heavy atom. The summed E-state index contributed by atoms with van der Waals surface area (Å²) in [7, 11) is 0. The van der Waals surface area contributed by atoms with E-state index in [-0.39, 0.29) is 5.97 Å². The number of carbonyl (C=O) groups excluding carboxylic acids is 1. The summed E-state index contributed by atoms with van der Waals surface area (Å²) in [6.07, 6.45) is 2.77. The van der Waals surface area contributed by atoms with Crippen LogP contribution in [0.1, 0.15) is 20.8 Å². The van der Waals surface area contributed by atoms with Gasteiger partial charge in [-0.1, -0.05) is 0 Å². The lowest BCUT2D eigenvalue weighted by molar-refractivity contribution is -0.149. The molecule has 1 aliphatic rings. The zero-order chi connectivity index (χ0) is 9.19. The summed E-state index contributed by atoms with van der Waals surface area (Å²) in [4.78, 5) is 11.2. The largest absolute Gasteiger partial charge is 0.456 e. The lowest BCUT2D eigenvalue weighted by Gasteiger charge is -2.18. The summed E-state index contributed by atoms with van der Waals surface area (Å²) in [6, 6.07) is 0. The maximum Gasteiger partial charge on any atom is 0.341 e. The molecule has 0 atom stereocenters. The van der Waals surface area contributed by atoms with Crippen LogP contribution in [0, 0.1) is 0 Å². The quantitative estimate of drug-likeness (QED) is 0.543. The maximum atomic E-state index is 11.2. The summed E-state index contributed by atoms with van der Waals surface area (Å²) in [5.41, 5.74) is 3.45. The number of hydrogen-bond donors (Lipinski definition) is 0. The molecule has 0 unspecified atom stereocenters. The SMILES string of the molecule is CC(C)(C)OC(=O)C1=C[N]N=C1. The van der Waals surface area contributed by atoms with Gasteiger partial charge in [0.1, 0.15) is 5.60 Å². The van der Waals surface area contributed by atoms with Gasteiger partial charge in [0, 0.05) is 0 Å². The first-order valence-corrected chi connectivity index (χ1v) is 3.66. The minimum atomic E-state index is -0.464. The molecule has 0 saturated carbocycles. The van der Waals surface area contributed by atoms with Crippen molar-refractivity contribution < 1.29 is 9.53 Å². The van der Waals surface area contributed by atoms with Gasteiger partial charge in [-0.15, -0.1) is 0 Å². The fourth-order valence-electron chi connectivity index (χ4n) is 0.667. The molecule has 0 aromatic rings. The summed E-state index contributed by atoms with van der Waals surface area (Å²) >= 11 is 0. The van der Waals surface area contributed by atoms with Gasteiger partial charge in [-0.2, -0.15) is 10.5 Å². The average Bonchev–Trinajstić information content (AvgIpc) is 2.32. The molecule has 1 aliphatic heterocycles. The van der Waals surface area contributed by atoms with Crippen molar-refractivity contribution in [2.45, 2.75) is 26.4 Å². The molecule has 1 radical (unpaired) electrons. The third kappa shape index (κ3) is 2.38. The Labute approximate surface area is 71.3 Å². The van der Waals surface area contributed by atoms with Gasteiger partial charge in [-0.3, -0.25) is 0 Å². The Morgan fingerprint density at radius 3 is 2.58 bits per heavy atom. The predicted molar refractivity (Wildman–Crippen MR) is 44.6 cm³/mol. The smallest absolute Gasteiger partial charge is 0.341 e. The number of carbonyl (C=O) groups is 1. The van der Waals surface area contributed by atoms with Crippen molar-refractivity contribution in [3.05, 3.63) is 11.8 Å². The van der Waals surface area contributed by atoms with E-state index in [2.05, 4.69) is 10.5 Å². The molecule has 1 rings (SSSR count). The van der Waals surface area contributed by atoms with Crippen LogP contribution >= 0.6 is 0 Å². The molecule has 0 saturated heterocycles. The minimum Gasteiger partial charge on any atom is -0.456 e. The second kappa shape index (κ2) is 2.97. The Kier molecular flexibility index (Phi) is 2.17. The van der Waals surface area contributed by atoms with Crippen molar-refractivity contribution in [1.29, 1.82) is 0 Å². The van der Waals surface area contributed by atoms with E-state index in [1.807, 2.05) is 20.8 Å². The molecule has 0 spiro atoms. The van der Waals surface area contributed by atoms with Crippen molar-refractivity contribution in [1.82, 2.24) is 5.43 Å². The molecular weight excluding hydrogens is 156 g/mol. The molecule has 0 bridgehead atoms. The number of rotatable bonds is 1. The molecule has 0 aromatic carbocycles. The van der Waals surface area contributed by atoms with E-state index in [0.717, 1.165) is 0 Å². The van der Waals surface area contributed by atoms with Crippen LogP contribution in [0.15, 0.2) is 16.9 Å². The van der Waals surface area contributed by atoms with Crippen LogP contribution in [0.2, 0.25) is 0 Å². The van der Waals surface area contributed by atoms with Crippen LogP contribution in [0.5, 0.6) is 0 Å². The molecule has 0 aliphatic carbocycles. The molecule has 4 nitrogen and oxygen atoms in total. The predicted octanol–water partition coefficient (Wildman–Crippen LogP) is 0.816. The highest BCUT2D eigenvalue weighted by Gasteiger charge is 2.20. The van der Waals surface area contributed by atoms with Crippen LogP contribution < -0.4 is 5.43 Å². The first-order valence-electron chi connectivity index (χ1n) is 3.66. The van der Waals surface area contributed by atoms with E-state index >= 15 is 0 Å². The standard InChI is InChI=1S/C8H11N2O2/c1-8(2,3)12-7(11)6-4-9-10-5-6/h4-5H,1-3H3. The van der Waals surface area contributed by atoms with Crippen molar-refractivity contribution >= 4 is 12.2 Å². The van der Waals surface area contributed by atoms with Crippen LogP contribution in [0.3, 0.4) is 0 Å². The highest BCUT2D eigenvalue weighted by atomic mass is 16.6. The number of ether oxygens (including phenoxy) is 1. The third-order valence-corrected chi connectivity index (χ3v) is 1.09. The maximum absolute atomic E-state index is 11.2. The fraction of sp³-hybridized carbons (Fsp3) is 0.500. The minimum absolute atomic E-state index is 0.382. The molecule has 0 fully saturated rings. The topological polar surface area (TPSA) is 52.8 Å². The first-order chi connectivity index (χ1) is 5.49. The van der Waals surface area contributed by atoms with E-state index in [9.17, 15) is 4.79 Å². The summed E-state index contributed by atoms with van der Waals surface area (Å²) < 4.78 is 5.06. The molecule has 4 heteroatoms. The molecule has 65 valence electrons. The van der Waals surface area contributed by atoms with Gasteiger partial charge in [0.2, 0.25) is 0 Å². The zero-order valence-corrected chi connectivity index (χ0v) is 7.37. The monoisotopic (exact) mass is 167 g/mol. The summed E-state index contributed by atoms with van der Waals surface area (Å²) in [6.45, 7) is 5.44. The summed E-state index contributed by atoms with van der Waals surface area (Å²) in [5.74, 6) is -0.382. The number of esters is 1. The molecule has 0 N–H and O–H groups in total. The Morgan fingerprint density at radius 2 is 2.17 bits per heavy atom. The van der Waals surface area contributed by atoms with Gasteiger partial charge in [-0.05, 0) is 20.8 Å². The van der Waals surface area contributed by atoms with Gasteiger partial charge >= 0.3 is 5.97 Å². The van der Waals surface area contributed by atoms with Gasteiger partial charge < -0.3 is 4.74 Å². The molecule has 12 heavy (non-hydrogen) atoms. The van der Waals surface area contributed by atoms with Crippen LogP contribution in [-0.2, 0) is 9.53 Å². The van der Waals surface area contributed by atoms with Gasteiger partial charge in [0.05, 0.1) is 18.0 Å². The lowest BCUT2D eigenvalue weighted by atomic mass is 10.2. The first kappa shape index (κ1) is 8.77. The average molecular weight is 167 g/mol. The van der Waals surface area contributed by atoms with E-state index in [0.29, 0.717) is 5.57 Å².